The van der Waals surface area contributed by atoms with Crippen molar-refractivity contribution in [2.75, 3.05) is 0 Å². The van der Waals surface area contributed by atoms with Crippen LogP contribution in [0.1, 0.15) is 5.56 Å². The van der Waals surface area contributed by atoms with Crippen LogP contribution in [0.5, 0.6) is 0 Å². The van der Waals surface area contributed by atoms with Crippen LogP contribution < -0.4 is 0 Å². The van der Waals surface area contributed by atoms with E-state index in [9.17, 15) is 0 Å². The number of aromatic nitrogens is 2. The molecule has 0 fully saturated rings. The summed E-state index contributed by atoms with van der Waals surface area (Å²) in [6.07, 6.45) is 0. The predicted octanol–water partition coefficient (Wildman–Crippen LogP) is 17.5. The van der Waals surface area contributed by atoms with Gasteiger partial charge >= 0.3 is 0 Å². The monoisotopic (exact) mass is 854 g/mol. The van der Waals surface area contributed by atoms with Gasteiger partial charge in [-0.15, -0.1) is 0 Å². The summed E-state index contributed by atoms with van der Waals surface area (Å²) in [5.41, 5.74) is 22.0. The predicted molar refractivity (Wildman–Crippen MR) is 281 cm³/mol. The van der Waals surface area contributed by atoms with E-state index in [2.05, 4.69) is 262 Å². The molecule has 0 atom stereocenters. The Hall–Kier alpha value is -8.72. The fraction of sp³-hybridized carbons (Fsp3) is 0.0154. The molecule has 0 radical (unpaired) electrons. The molecule has 0 spiro atoms. The summed E-state index contributed by atoms with van der Waals surface area (Å²) in [5.74, 6) is 0.687. The molecule has 11 rings (SSSR count). The SMILES string of the molecule is Cc1c(-c2ccccc2)nc(-c2ccccc2)nc1-c1cc(-c2cc(-c3ccccc3)c(-c3ccccc3)c(-c3ccccc3)c2)cc(-c2c(-c3ccccc3)cccc2-c2ccccc2)c1. The molecule has 2 heteroatoms. The largest absolute Gasteiger partial charge is 0.228 e. The maximum absolute atomic E-state index is 5.50. The van der Waals surface area contributed by atoms with Gasteiger partial charge in [-0.1, -0.05) is 231 Å². The van der Waals surface area contributed by atoms with Crippen molar-refractivity contribution >= 4 is 0 Å². The van der Waals surface area contributed by atoms with Crippen molar-refractivity contribution in [2.45, 2.75) is 6.92 Å². The second-order valence-corrected chi connectivity index (χ2v) is 16.9. The number of rotatable bonds is 10. The average Bonchev–Trinajstić information content (AvgIpc) is 3.42. The Balaban J connectivity index is 1.26. The molecule has 0 saturated heterocycles. The molecule has 0 bridgehead atoms. The Morgan fingerprint density at radius 2 is 0.537 bits per heavy atom. The normalized spacial score (nSPS) is 11.1. The van der Waals surface area contributed by atoms with E-state index in [1.54, 1.807) is 0 Å². The average molecular weight is 855 g/mol. The van der Waals surface area contributed by atoms with E-state index in [-0.39, 0.29) is 0 Å². The standard InChI is InChI=1S/C65H46N2/c1-45-63(51-34-19-7-20-35-51)66-65(52-36-21-8-22-37-52)67-64(45)56-41-53(40-55(42-56)62-57(46-24-9-2-10-25-46)38-23-39-58(62)47-26-11-3-12-27-47)54-43-59(48-28-13-4-14-29-48)61(50-32-17-6-18-33-50)60(44-54)49-30-15-5-16-31-49/h2-44H,1H3. The quantitative estimate of drug-likeness (QED) is 0.137. The summed E-state index contributed by atoms with van der Waals surface area (Å²) in [7, 11) is 0. The highest BCUT2D eigenvalue weighted by Crippen LogP contribution is 2.47. The first-order chi connectivity index (χ1) is 33.2. The highest BCUT2D eigenvalue weighted by Gasteiger charge is 2.22. The van der Waals surface area contributed by atoms with Gasteiger partial charge in [0.2, 0.25) is 0 Å². The van der Waals surface area contributed by atoms with Gasteiger partial charge in [-0.3, -0.25) is 0 Å². The van der Waals surface area contributed by atoms with Crippen molar-refractivity contribution < 1.29 is 0 Å². The molecule has 11 aromatic rings. The molecular formula is C65H46N2. The van der Waals surface area contributed by atoms with Crippen molar-refractivity contribution in [3.8, 4) is 112 Å². The van der Waals surface area contributed by atoms with Crippen LogP contribution in [0.15, 0.2) is 261 Å². The molecule has 67 heavy (non-hydrogen) atoms. The molecule has 0 aliphatic carbocycles. The summed E-state index contributed by atoms with van der Waals surface area (Å²) >= 11 is 0. The van der Waals surface area contributed by atoms with Gasteiger partial charge in [0.25, 0.3) is 0 Å². The van der Waals surface area contributed by atoms with E-state index < -0.39 is 0 Å². The molecule has 0 saturated carbocycles. The highest BCUT2D eigenvalue weighted by molar-refractivity contribution is 6.00. The zero-order valence-electron chi connectivity index (χ0n) is 37.2. The molecule has 0 aliphatic heterocycles. The molecular weight excluding hydrogens is 809 g/mol. The molecule has 316 valence electrons. The zero-order valence-corrected chi connectivity index (χ0v) is 37.2. The topological polar surface area (TPSA) is 25.8 Å². The van der Waals surface area contributed by atoms with E-state index in [4.69, 9.17) is 9.97 Å². The lowest BCUT2D eigenvalue weighted by atomic mass is 9.82. The lowest BCUT2D eigenvalue weighted by Crippen LogP contribution is -2.01. The van der Waals surface area contributed by atoms with E-state index in [0.717, 1.165) is 89.3 Å². The van der Waals surface area contributed by atoms with E-state index in [0.29, 0.717) is 5.82 Å². The lowest BCUT2D eigenvalue weighted by molar-refractivity contribution is 1.15. The summed E-state index contributed by atoms with van der Waals surface area (Å²) in [4.78, 5) is 10.8. The number of benzene rings is 10. The molecule has 0 amide bonds. The third kappa shape index (κ3) is 8.29. The van der Waals surface area contributed by atoms with Gasteiger partial charge in [-0.05, 0) is 115 Å². The summed E-state index contributed by atoms with van der Waals surface area (Å²) in [6, 6.07) is 93.4. The van der Waals surface area contributed by atoms with Gasteiger partial charge in [0.15, 0.2) is 5.82 Å². The van der Waals surface area contributed by atoms with Gasteiger partial charge in [-0.2, -0.15) is 0 Å². The fourth-order valence-electron chi connectivity index (χ4n) is 9.46. The Labute approximate surface area is 393 Å². The van der Waals surface area contributed by atoms with Crippen LogP contribution in [-0.4, -0.2) is 9.97 Å². The maximum atomic E-state index is 5.50. The Morgan fingerprint density at radius 3 is 0.985 bits per heavy atom. The third-order valence-electron chi connectivity index (χ3n) is 12.7. The van der Waals surface area contributed by atoms with Crippen LogP contribution in [0, 0.1) is 6.92 Å². The van der Waals surface area contributed by atoms with Crippen LogP contribution in [0.4, 0.5) is 0 Å². The van der Waals surface area contributed by atoms with Gasteiger partial charge in [0.05, 0.1) is 11.4 Å². The minimum Gasteiger partial charge on any atom is -0.228 e. The van der Waals surface area contributed by atoms with Crippen molar-refractivity contribution in [2.24, 2.45) is 0 Å². The number of hydrogen-bond acceptors (Lipinski definition) is 2. The highest BCUT2D eigenvalue weighted by atomic mass is 14.9. The van der Waals surface area contributed by atoms with E-state index in [1.807, 2.05) is 6.07 Å². The van der Waals surface area contributed by atoms with Crippen LogP contribution in [0.3, 0.4) is 0 Å². The molecule has 1 aromatic heterocycles. The Bertz CT molecular complexity index is 3340. The van der Waals surface area contributed by atoms with Crippen molar-refractivity contribution in [1.82, 2.24) is 9.97 Å². The molecule has 0 unspecified atom stereocenters. The van der Waals surface area contributed by atoms with Crippen LogP contribution >= 0.6 is 0 Å². The van der Waals surface area contributed by atoms with Gasteiger partial charge in [0.1, 0.15) is 0 Å². The summed E-state index contributed by atoms with van der Waals surface area (Å²) in [6.45, 7) is 2.17. The summed E-state index contributed by atoms with van der Waals surface area (Å²) < 4.78 is 0. The first-order valence-corrected chi connectivity index (χ1v) is 22.9. The first kappa shape index (κ1) is 41.0. The van der Waals surface area contributed by atoms with Crippen LogP contribution in [0.2, 0.25) is 0 Å². The second-order valence-electron chi connectivity index (χ2n) is 16.9. The smallest absolute Gasteiger partial charge is 0.160 e. The minimum atomic E-state index is 0.687. The lowest BCUT2D eigenvalue weighted by Gasteiger charge is -2.21. The van der Waals surface area contributed by atoms with Crippen molar-refractivity contribution in [3.63, 3.8) is 0 Å². The zero-order chi connectivity index (χ0) is 44.9. The van der Waals surface area contributed by atoms with Gasteiger partial charge < -0.3 is 0 Å². The first-order valence-electron chi connectivity index (χ1n) is 22.9. The minimum absolute atomic E-state index is 0.687. The number of hydrogen-bond donors (Lipinski definition) is 0. The van der Waals surface area contributed by atoms with Crippen molar-refractivity contribution in [1.29, 1.82) is 0 Å². The molecule has 2 nitrogen and oxygen atoms in total. The van der Waals surface area contributed by atoms with Crippen LogP contribution in [-0.2, 0) is 0 Å². The molecule has 1 heterocycles. The van der Waals surface area contributed by atoms with E-state index >= 15 is 0 Å². The Morgan fingerprint density at radius 1 is 0.224 bits per heavy atom. The summed E-state index contributed by atoms with van der Waals surface area (Å²) in [5, 5.41) is 0. The third-order valence-corrected chi connectivity index (χ3v) is 12.7. The fourth-order valence-corrected chi connectivity index (χ4v) is 9.46. The second kappa shape index (κ2) is 18.4. The van der Waals surface area contributed by atoms with Crippen molar-refractivity contribution in [3.05, 3.63) is 266 Å². The number of nitrogens with zero attached hydrogens (tertiary/aromatic N) is 2. The molecule has 10 aromatic carbocycles. The van der Waals surface area contributed by atoms with E-state index in [1.165, 1.54) is 22.3 Å². The maximum Gasteiger partial charge on any atom is 0.160 e. The molecule has 0 N–H and O–H groups in total. The Kier molecular flexibility index (Phi) is 11.3. The van der Waals surface area contributed by atoms with Gasteiger partial charge in [-0.25, -0.2) is 9.97 Å². The molecule has 0 aliphatic rings. The van der Waals surface area contributed by atoms with Crippen LogP contribution in [0.25, 0.3) is 112 Å². The van der Waals surface area contributed by atoms with Gasteiger partial charge in [0, 0.05) is 22.3 Å².